The van der Waals surface area contributed by atoms with Crippen molar-refractivity contribution in [1.82, 2.24) is 0 Å². The zero-order chi connectivity index (χ0) is 13.6. The Morgan fingerprint density at radius 3 is 2.72 bits per heavy atom. The Bertz CT molecular complexity index is 385. The summed E-state index contributed by atoms with van der Waals surface area (Å²) in [7, 11) is 0. The number of halogens is 3. The van der Waals surface area contributed by atoms with Gasteiger partial charge in [-0.2, -0.15) is 13.2 Å². The third-order valence-electron chi connectivity index (χ3n) is 2.05. The van der Waals surface area contributed by atoms with Crippen LogP contribution < -0.4 is 15.8 Å². The molecular formula is C11H15F3N2OS. The molecule has 1 rings (SSSR count). The SMILES string of the molecule is CCOc1cccc(NCCSC(F)(F)F)c1N. The van der Waals surface area contributed by atoms with Crippen LogP contribution in [-0.2, 0) is 0 Å². The molecule has 1 aromatic carbocycles. The van der Waals surface area contributed by atoms with Crippen molar-refractivity contribution >= 4 is 23.1 Å². The average Bonchev–Trinajstić information content (AvgIpc) is 2.28. The zero-order valence-electron chi connectivity index (χ0n) is 9.88. The van der Waals surface area contributed by atoms with E-state index < -0.39 is 5.51 Å². The molecule has 7 heteroatoms. The summed E-state index contributed by atoms with van der Waals surface area (Å²) in [4.78, 5) is 0. The summed E-state index contributed by atoms with van der Waals surface area (Å²) in [6.07, 6.45) is 0. The van der Waals surface area contributed by atoms with Crippen LogP contribution in [0.15, 0.2) is 18.2 Å². The third kappa shape index (κ3) is 4.95. The number of thioether (sulfide) groups is 1. The number of benzene rings is 1. The van der Waals surface area contributed by atoms with Gasteiger partial charge in [0.05, 0.1) is 18.0 Å². The van der Waals surface area contributed by atoms with E-state index in [9.17, 15) is 13.2 Å². The van der Waals surface area contributed by atoms with E-state index in [0.717, 1.165) is 0 Å². The van der Waals surface area contributed by atoms with E-state index in [0.29, 0.717) is 23.7 Å². The number of hydrogen-bond donors (Lipinski definition) is 2. The van der Waals surface area contributed by atoms with Crippen LogP contribution in [0.3, 0.4) is 0 Å². The summed E-state index contributed by atoms with van der Waals surface area (Å²) in [5.74, 6) is 0.466. The lowest BCUT2D eigenvalue weighted by molar-refractivity contribution is -0.0327. The maximum Gasteiger partial charge on any atom is 0.441 e. The van der Waals surface area contributed by atoms with E-state index in [1.165, 1.54) is 0 Å². The van der Waals surface area contributed by atoms with Gasteiger partial charge < -0.3 is 15.8 Å². The lowest BCUT2D eigenvalue weighted by atomic mass is 10.2. The van der Waals surface area contributed by atoms with Crippen LogP contribution >= 0.6 is 11.8 Å². The Kier molecular flexibility index (Phi) is 5.46. The highest BCUT2D eigenvalue weighted by atomic mass is 32.2. The van der Waals surface area contributed by atoms with Crippen molar-refractivity contribution in [2.75, 3.05) is 30.0 Å². The first-order chi connectivity index (χ1) is 8.44. The Morgan fingerprint density at radius 1 is 1.39 bits per heavy atom. The molecule has 0 fully saturated rings. The predicted octanol–water partition coefficient (Wildman–Crippen LogP) is 3.33. The Morgan fingerprint density at radius 2 is 2.11 bits per heavy atom. The van der Waals surface area contributed by atoms with Gasteiger partial charge in [-0.25, -0.2) is 0 Å². The molecule has 102 valence electrons. The summed E-state index contributed by atoms with van der Waals surface area (Å²) >= 11 is -0.0614. The second-order valence-corrected chi connectivity index (χ2v) is 4.53. The molecule has 0 aliphatic heterocycles. The maximum absolute atomic E-state index is 11.9. The van der Waals surface area contributed by atoms with Gasteiger partial charge in [0.15, 0.2) is 0 Å². The number of ether oxygens (including phenoxy) is 1. The van der Waals surface area contributed by atoms with Gasteiger partial charge in [0.1, 0.15) is 5.75 Å². The number of nitrogens with one attached hydrogen (secondary N) is 1. The van der Waals surface area contributed by atoms with Crippen molar-refractivity contribution < 1.29 is 17.9 Å². The number of alkyl halides is 3. The summed E-state index contributed by atoms with van der Waals surface area (Å²) in [5, 5.41) is 2.86. The second-order valence-electron chi connectivity index (χ2n) is 3.37. The van der Waals surface area contributed by atoms with E-state index in [-0.39, 0.29) is 24.1 Å². The minimum absolute atomic E-state index is 0.0614. The molecule has 18 heavy (non-hydrogen) atoms. The molecule has 0 aromatic heterocycles. The largest absolute Gasteiger partial charge is 0.492 e. The average molecular weight is 280 g/mol. The van der Waals surface area contributed by atoms with Gasteiger partial charge in [0.2, 0.25) is 0 Å². The van der Waals surface area contributed by atoms with Crippen LogP contribution in [0.1, 0.15) is 6.92 Å². The minimum atomic E-state index is -4.19. The fourth-order valence-electron chi connectivity index (χ4n) is 1.33. The fourth-order valence-corrected chi connectivity index (χ4v) is 1.77. The quantitative estimate of drug-likeness (QED) is 0.620. The van der Waals surface area contributed by atoms with E-state index in [1.807, 2.05) is 6.92 Å². The number of rotatable bonds is 6. The molecule has 0 saturated heterocycles. The highest BCUT2D eigenvalue weighted by Crippen LogP contribution is 2.31. The lowest BCUT2D eigenvalue weighted by Crippen LogP contribution is -2.11. The smallest absolute Gasteiger partial charge is 0.441 e. The summed E-state index contributed by atoms with van der Waals surface area (Å²) in [5.41, 5.74) is 2.63. The molecule has 0 unspecified atom stereocenters. The predicted molar refractivity (Wildman–Crippen MR) is 69.0 cm³/mol. The second kappa shape index (κ2) is 6.63. The van der Waals surface area contributed by atoms with Crippen LogP contribution in [0.4, 0.5) is 24.5 Å². The number of para-hydroxylation sites is 1. The van der Waals surface area contributed by atoms with E-state index in [1.54, 1.807) is 18.2 Å². The Balaban J connectivity index is 2.50. The van der Waals surface area contributed by atoms with Gasteiger partial charge in [-0.3, -0.25) is 0 Å². The third-order valence-corrected chi connectivity index (χ3v) is 2.78. The van der Waals surface area contributed by atoms with Crippen molar-refractivity contribution in [2.45, 2.75) is 12.4 Å². The Hall–Kier alpha value is -1.24. The molecule has 3 N–H and O–H groups in total. The van der Waals surface area contributed by atoms with Crippen LogP contribution in [0.2, 0.25) is 0 Å². The van der Waals surface area contributed by atoms with Crippen LogP contribution in [0, 0.1) is 0 Å². The first-order valence-corrected chi connectivity index (χ1v) is 6.38. The topological polar surface area (TPSA) is 47.3 Å². The van der Waals surface area contributed by atoms with Crippen molar-refractivity contribution in [1.29, 1.82) is 0 Å². The number of nitrogen functional groups attached to an aromatic ring is 1. The number of hydrogen-bond acceptors (Lipinski definition) is 4. The first-order valence-electron chi connectivity index (χ1n) is 5.40. The van der Waals surface area contributed by atoms with Crippen molar-refractivity contribution in [3.05, 3.63) is 18.2 Å². The molecule has 0 aliphatic carbocycles. The Labute approximate surface area is 108 Å². The molecule has 3 nitrogen and oxygen atoms in total. The van der Waals surface area contributed by atoms with Crippen molar-refractivity contribution in [3.63, 3.8) is 0 Å². The summed E-state index contributed by atoms with van der Waals surface area (Å²) < 4.78 is 41.0. The molecule has 0 bridgehead atoms. The highest BCUT2D eigenvalue weighted by Gasteiger charge is 2.27. The molecule has 0 aliphatic rings. The normalized spacial score (nSPS) is 11.3. The maximum atomic E-state index is 11.9. The van der Waals surface area contributed by atoms with Gasteiger partial charge in [0.25, 0.3) is 0 Å². The first kappa shape index (κ1) is 14.8. The monoisotopic (exact) mass is 280 g/mol. The number of anilines is 2. The summed E-state index contributed by atoms with van der Waals surface area (Å²) in [6.45, 7) is 2.50. The van der Waals surface area contributed by atoms with Gasteiger partial charge in [-0.05, 0) is 30.8 Å². The van der Waals surface area contributed by atoms with Crippen LogP contribution in [0.25, 0.3) is 0 Å². The molecule has 0 radical (unpaired) electrons. The van der Waals surface area contributed by atoms with Crippen LogP contribution in [-0.4, -0.2) is 24.4 Å². The van der Waals surface area contributed by atoms with E-state index >= 15 is 0 Å². The molecule has 0 atom stereocenters. The standard InChI is InChI=1S/C11H15F3N2OS/c1-2-17-9-5-3-4-8(10(9)15)16-6-7-18-11(12,13)14/h3-5,16H,2,6-7,15H2,1H3. The zero-order valence-corrected chi connectivity index (χ0v) is 10.7. The lowest BCUT2D eigenvalue weighted by Gasteiger charge is -2.13. The fraction of sp³-hybridized carbons (Fsp3) is 0.455. The molecule has 0 amide bonds. The number of nitrogens with two attached hydrogens (primary N) is 1. The van der Waals surface area contributed by atoms with Gasteiger partial charge in [0, 0.05) is 12.3 Å². The molecule has 0 spiro atoms. The highest BCUT2D eigenvalue weighted by molar-refractivity contribution is 8.00. The van der Waals surface area contributed by atoms with Crippen LogP contribution in [0.5, 0.6) is 5.75 Å². The minimum Gasteiger partial charge on any atom is -0.492 e. The summed E-state index contributed by atoms with van der Waals surface area (Å²) in [6, 6.07) is 5.16. The van der Waals surface area contributed by atoms with Gasteiger partial charge in [-0.15, -0.1) is 0 Å². The molecule has 1 aromatic rings. The van der Waals surface area contributed by atoms with Gasteiger partial charge >= 0.3 is 5.51 Å². The van der Waals surface area contributed by atoms with E-state index in [4.69, 9.17) is 10.5 Å². The molecule has 0 heterocycles. The van der Waals surface area contributed by atoms with Crippen molar-refractivity contribution in [2.24, 2.45) is 0 Å². The van der Waals surface area contributed by atoms with Crippen molar-refractivity contribution in [3.8, 4) is 5.75 Å². The van der Waals surface area contributed by atoms with Gasteiger partial charge in [-0.1, -0.05) is 6.07 Å². The molecular weight excluding hydrogens is 265 g/mol. The molecule has 0 saturated carbocycles. The van der Waals surface area contributed by atoms with E-state index in [2.05, 4.69) is 5.32 Å².